The molecule has 2 aromatic rings. The molecule has 0 bridgehead atoms. The van der Waals surface area contributed by atoms with E-state index in [1.165, 1.54) is 5.56 Å². The molecule has 0 amide bonds. The molecule has 4 heteroatoms. The summed E-state index contributed by atoms with van der Waals surface area (Å²) >= 11 is 0. The summed E-state index contributed by atoms with van der Waals surface area (Å²) < 4.78 is 11.7. The lowest BCUT2D eigenvalue weighted by Crippen LogP contribution is -2.48. The first kappa shape index (κ1) is 19.7. The second-order valence-electron chi connectivity index (χ2n) is 8.24. The average Bonchev–Trinajstić information content (AvgIpc) is 2.67. The van der Waals surface area contributed by atoms with Crippen LogP contribution in [0.4, 0.5) is 0 Å². The molecule has 1 heterocycles. The van der Waals surface area contributed by atoms with Crippen LogP contribution in [-0.2, 0) is 6.61 Å². The third kappa shape index (κ3) is 5.02. The molecule has 1 N–H and O–H groups in total. The fourth-order valence-electron chi connectivity index (χ4n) is 3.91. The first-order valence-corrected chi connectivity index (χ1v) is 9.78. The van der Waals surface area contributed by atoms with Crippen molar-refractivity contribution in [2.45, 2.75) is 33.4 Å². The lowest BCUT2D eigenvalue weighted by Gasteiger charge is -2.42. The van der Waals surface area contributed by atoms with Crippen LogP contribution < -0.4 is 14.8 Å². The number of ether oxygens (including phenoxy) is 2. The Kier molecular flexibility index (Phi) is 6.40. The summed E-state index contributed by atoms with van der Waals surface area (Å²) in [4.78, 5) is 2.58. The molecule has 146 valence electrons. The fraction of sp³-hybridized carbons (Fsp3) is 0.478. The maximum atomic E-state index is 6.15. The van der Waals surface area contributed by atoms with Gasteiger partial charge in [0.15, 0.2) is 11.5 Å². The van der Waals surface area contributed by atoms with Crippen molar-refractivity contribution in [3.05, 3.63) is 59.7 Å². The van der Waals surface area contributed by atoms with Crippen LogP contribution in [-0.4, -0.2) is 38.2 Å². The fourth-order valence-corrected chi connectivity index (χ4v) is 3.91. The Morgan fingerprint density at radius 1 is 1.00 bits per heavy atom. The van der Waals surface area contributed by atoms with E-state index in [0.29, 0.717) is 12.6 Å². The monoisotopic (exact) mass is 368 g/mol. The van der Waals surface area contributed by atoms with Gasteiger partial charge >= 0.3 is 0 Å². The molecule has 0 aliphatic carbocycles. The molecule has 4 nitrogen and oxygen atoms in total. The van der Waals surface area contributed by atoms with Crippen molar-refractivity contribution in [1.29, 1.82) is 0 Å². The van der Waals surface area contributed by atoms with Gasteiger partial charge in [-0.2, -0.15) is 0 Å². The van der Waals surface area contributed by atoms with Gasteiger partial charge < -0.3 is 14.8 Å². The van der Waals surface area contributed by atoms with Crippen LogP contribution in [0.2, 0.25) is 0 Å². The van der Waals surface area contributed by atoms with E-state index >= 15 is 0 Å². The maximum absolute atomic E-state index is 6.15. The van der Waals surface area contributed by atoms with Gasteiger partial charge in [0.2, 0.25) is 0 Å². The number of methoxy groups -OCH3 is 1. The number of benzene rings is 2. The van der Waals surface area contributed by atoms with Gasteiger partial charge in [-0.05, 0) is 28.7 Å². The summed E-state index contributed by atoms with van der Waals surface area (Å²) in [5.41, 5.74) is 2.57. The molecule has 1 aliphatic rings. The number of piperazine rings is 1. The Bertz CT molecular complexity index is 719. The standard InChI is InChI=1S/C23H32N2O2/c1-23(2,3)22(25-14-12-24-13-15-25)19-10-11-20(26-4)21(16-19)27-17-18-8-6-5-7-9-18/h5-11,16,22,24H,12-15,17H2,1-4H3/t22-/m1/s1. The smallest absolute Gasteiger partial charge is 0.161 e. The third-order valence-corrected chi connectivity index (χ3v) is 5.08. The van der Waals surface area contributed by atoms with Crippen molar-refractivity contribution in [2.24, 2.45) is 5.41 Å². The van der Waals surface area contributed by atoms with Gasteiger partial charge in [0.05, 0.1) is 7.11 Å². The summed E-state index contributed by atoms with van der Waals surface area (Å²) in [7, 11) is 1.70. The van der Waals surface area contributed by atoms with E-state index in [1.54, 1.807) is 7.11 Å². The number of hydrogen-bond donors (Lipinski definition) is 1. The summed E-state index contributed by atoms with van der Waals surface area (Å²) in [5.74, 6) is 1.59. The number of nitrogens with zero attached hydrogens (tertiary/aromatic N) is 1. The van der Waals surface area contributed by atoms with E-state index in [9.17, 15) is 0 Å². The highest BCUT2D eigenvalue weighted by atomic mass is 16.5. The van der Waals surface area contributed by atoms with Gasteiger partial charge in [-0.15, -0.1) is 0 Å². The van der Waals surface area contributed by atoms with Crippen LogP contribution in [0.3, 0.4) is 0 Å². The molecule has 0 radical (unpaired) electrons. The largest absolute Gasteiger partial charge is 0.493 e. The predicted octanol–water partition coefficient (Wildman–Crippen LogP) is 4.27. The number of hydrogen-bond acceptors (Lipinski definition) is 4. The first-order valence-electron chi connectivity index (χ1n) is 9.78. The lowest BCUT2D eigenvalue weighted by molar-refractivity contribution is 0.0859. The first-order chi connectivity index (χ1) is 13.0. The van der Waals surface area contributed by atoms with Crippen LogP contribution in [0.5, 0.6) is 11.5 Å². The molecule has 1 fully saturated rings. The molecular formula is C23H32N2O2. The zero-order chi connectivity index (χ0) is 19.3. The zero-order valence-corrected chi connectivity index (χ0v) is 17.0. The van der Waals surface area contributed by atoms with Gasteiger partial charge in [-0.1, -0.05) is 57.2 Å². The summed E-state index contributed by atoms with van der Waals surface area (Å²) in [5, 5.41) is 3.45. The SMILES string of the molecule is COc1ccc([C@@H](N2CCNCC2)C(C)(C)C)cc1OCc1ccccc1. The summed E-state index contributed by atoms with van der Waals surface area (Å²) in [6.45, 7) is 11.7. The minimum atomic E-state index is 0.128. The van der Waals surface area contributed by atoms with E-state index in [-0.39, 0.29) is 5.41 Å². The lowest BCUT2D eigenvalue weighted by atomic mass is 9.81. The molecule has 0 unspecified atom stereocenters. The highest BCUT2D eigenvalue weighted by molar-refractivity contribution is 5.44. The van der Waals surface area contributed by atoms with Gasteiger partial charge in [-0.3, -0.25) is 4.90 Å². The maximum Gasteiger partial charge on any atom is 0.161 e. The van der Waals surface area contributed by atoms with E-state index in [0.717, 1.165) is 43.2 Å². The predicted molar refractivity (Wildman–Crippen MR) is 110 cm³/mol. The normalized spacial score (nSPS) is 16.7. The van der Waals surface area contributed by atoms with Crippen LogP contribution in [0.1, 0.15) is 37.9 Å². The second kappa shape index (κ2) is 8.77. The molecule has 0 spiro atoms. The highest BCUT2D eigenvalue weighted by Crippen LogP contribution is 2.41. The Balaban J connectivity index is 1.87. The minimum Gasteiger partial charge on any atom is -0.493 e. The molecule has 1 atom stereocenters. The second-order valence-corrected chi connectivity index (χ2v) is 8.24. The molecule has 27 heavy (non-hydrogen) atoms. The summed E-state index contributed by atoms with van der Waals surface area (Å²) in [6.07, 6.45) is 0. The Hall–Kier alpha value is -2.04. The van der Waals surface area contributed by atoms with E-state index in [1.807, 2.05) is 24.3 Å². The van der Waals surface area contributed by atoms with Crippen molar-refractivity contribution >= 4 is 0 Å². The van der Waals surface area contributed by atoms with Gasteiger partial charge in [-0.25, -0.2) is 0 Å². The van der Waals surface area contributed by atoms with E-state index < -0.39 is 0 Å². The molecule has 3 rings (SSSR count). The van der Waals surface area contributed by atoms with Gasteiger partial charge in [0.1, 0.15) is 6.61 Å². The minimum absolute atomic E-state index is 0.128. The topological polar surface area (TPSA) is 33.7 Å². The van der Waals surface area contributed by atoms with Gasteiger partial charge in [0, 0.05) is 32.2 Å². The molecule has 1 aliphatic heterocycles. The van der Waals surface area contributed by atoms with Crippen LogP contribution in [0.25, 0.3) is 0 Å². The zero-order valence-electron chi connectivity index (χ0n) is 17.0. The Labute approximate surface area is 163 Å². The van der Waals surface area contributed by atoms with E-state index in [4.69, 9.17) is 9.47 Å². The van der Waals surface area contributed by atoms with E-state index in [2.05, 4.69) is 55.3 Å². The van der Waals surface area contributed by atoms with Crippen LogP contribution in [0.15, 0.2) is 48.5 Å². The van der Waals surface area contributed by atoms with Crippen molar-refractivity contribution < 1.29 is 9.47 Å². The van der Waals surface area contributed by atoms with Crippen molar-refractivity contribution in [3.8, 4) is 11.5 Å². The summed E-state index contributed by atoms with van der Waals surface area (Å²) in [6, 6.07) is 17.0. The number of rotatable bonds is 6. The molecule has 0 aromatic heterocycles. The Morgan fingerprint density at radius 3 is 2.33 bits per heavy atom. The third-order valence-electron chi connectivity index (χ3n) is 5.08. The van der Waals surface area contributed by atoms with Crippen molar-refractivity contribution in [3.63, 3.8) is 0 Å². The number of nitrogens with one attached hydrogen (secondary N) is 1. The molecular weight excluding hydrogens is 336 g/mol. The van der Waals surface area contributed by atoms with Gasteiger partial charge in [0.25, 0.3) is 0 Å². The highest BCUT2D eigenvalue weighted by Gasteiger charge is 2.33. The van der Waals surface area contributed by atoms with Crippen LogP contribution >= 0.6 is 0 Å². The molecule has 1 saturated heterocycles. The Morgan fingerprint density at radius 2 is 1.70 bits per heavy atom. The molecule has 0 saturated carbocycles. The quantitative estimate of drug-likeness (QED) is 0.826. The van der Waals surface area contributed by atoms with Crippen molar-refractivity contribution in [2.75, 3.05) is 33.3 Å². The molecule has 2 aromatic carbocycles. The van der Waals surface area contributed by atoms with Crippen molar-refractivity contribution in [1.82, 2.24) is 10.2 Å². The average molecular weight is 369 g/mol. The van der Waals surface area contributed by atoms with Crippen LogP contribution in [0, 0.1) is 5.41 Å².